The minimum atomic E-state index is -3.88. The molecule has 25 heavy (non-hydrogen) atoms. The first-order valence-corrected chi connectivity index (χ1v) is 9.15. The summed E-state index contributed by atoms with van der Waals surface area (Å²) in [4.78, 5) is 3.37. The summed E-state index contributed by atoms with van der Waals surface area (Å²) >= 11 is 0. The van der Waals surface area contributed by atoms with Gasteiger partial charge in [0.05, 0.1) is 5.56 Å². The molecule has 0 aliphatic rings. The van der Waals surface area contributed by atoms with Crippen LogP contribution in [0.5, 0.6) is 0 Å². The molecule has 0 aliphatic carbocycles. The molecule has 2 heterocycles. The fraction of sp³-hybridized carbons (Fsp3) is 0.176. The first kappa shape index (κ1) is 17.2. The van der Waals surface area contributed by atoms with Crippen LogP contribution in [-0.2, 0) is 9.84 Å². The third-order valence-electron chi connectivity index (χ3n) is 3.70. The molecule has 0 spiro atoms. The summed E-state index contributed by atoms with van der Waals surface area (Å²) in [5, 5.41) is 3.92. The Bertz CT molecular complexity index is 1080. The van der Waals surface area contributed by atoms with Crippen LogP contribution in [0.3, 0.4) is 0 Å². The molecule has 0 atom stereocenters. The molecule has 130 valence electrons. The Hall–Kier alpha value is -2.61. The lowest BCUT2D eigenvalue weighted by atomic mass is 9.99. The van der Waals surface area contributed by atoms with Gasteiger partial charge in [0.2, 0.25) is 0 Å². The number of rotatable bonds is 3. The summed E-state index contributed by atoms with van der Waals surface area (Å²) in [6.07, 6.45) is 4.00. The van der Waals surface area contributed by atoms with Crippen molar-refractivity contribution < 1.29 is 21.7 Å². The van der Waals surface area contributed by atoms with E-state index in [1.165, 1.54) is 6.20 Å². The van der Waals surface area contributed by atoms with Crippen molar-refractivity contribution in [3.63, 3.8) is 0 Å². The Kier molecular flexibility index (Phi) is 4.16. The van der Waals surface area contributed by atoms with E-state index >= 15 is 0 Å². The molecule has 3 aromatic rings. The predicted octanol–water partition coefficient (Wildman–Crippen LogP) is 3.70. The maximum atomic E-state index is 14.6. The van der Waals surface area contributed by atoms with Gasteiger partial charge in [-0.25, -0.2) is 17.2 Å². The molecular weight excluding hydrogens is 350 g/mol. The highest BCUT2D eigenvalue weighted by molar-refractivity contribution is 7.90. The number of sulfone groups is 1. The van der Waals surface area contributed by atoms with Crippen LogP contribution in [0.2, 0.25) is 0 Å². The van der Waals surface area contributed by atoms with Gasteiger partial charge in [-0.3, -0.25) is 4.98 Å². The molecule has 0 bridgehead atoms. The number of pyridine rings is 1. The first-order valence-electron chi connectivity index (χ1n) is 7.26. The van der Waals surface area contributed by atoms with E-state index in [4.69, 9.17) is 4.52 Å². The Balaban J connectivity index is 2.25. The Morgan fingerprint density at radius 1 is 1.04 bits per heavy atom. The van der Waals surface area contributed by atoms with Crippen LogP contribution in [0.15, 0.2) is 40.0 Å². The predicted molar refractivity (Wildman–Crippen MR) is 87.7 cm³/mol. The smallest absolute Gasteiger partial charge is 0.178 e. The van der Waals surface area contributed by atoms with Crippen LogP contribution in [0.4, 0.5) is 8.78 Å². The van der Waals surface area contributed by atoms with Gasteiger partial charge in [0.15, 0.2) is 9.84 Å². The fourth-order valence-corrected chi connectivity index (χ4v) is 3.31. The maximum Gasteiger partial charge on any atom is 0.178 e. The number of hydrogen-bond acceptors (Lipinski definition) is 5. The second-order valence-electron chi connectivity index (χ2n) is 5.75. The van der Waals surface area contributed by atoms with Crippen LogP contribution >= 0.6 is 0 Å². The minimum Gasteiger partial charge on any atom is -0.360 e. The van der Waals surface area contributed by atoms with E-state index < -0.39 is 26.4 Å². The SMILES string of the molecule is Cc1cncc(-c2noc(C)c2-c2cc(F)c(S(C)(=O)=O)cc2F)c1. The molecule has 0 saturated heterocycles. The second kappa shape index (κ2) is 6.03. The molecule has 2 aromatic heterocycles. The molecule has 0 amide bonds. The van der Waals surface area contributed by atoms with Gasteiger partial charge in [-0.1, -0.05) is 5.16 Å². The zero-order valence-corrected chi connectivity index (χ0v) is 14.5. The van der Waals surface area contributed by atoms with E-state index in [0.29, 0.717) is 17.3 Å². The average molecular weight is 364 g/mol. The summed E-state index contributed by atoms with van der Waals surface area (Å²) < 4.78 is 57.1. The first-order chi connectivity index (χ1) is 11.7. The number of nitrogens with zero attached hydrogens (tertiary/aromatic N) is 2. The highest BCUT2D eigenvalue weighted by atomic mass is 32.2. The van der Waals surface area contributed by atoms with Crippen LogP contribution in [-0.4, -0.2) is 24.8 Å². The summed E-state index contributed by atoms with van der Waals surface area (Å²) in [5.41, 5.74) is 1.88. The van der Waals surface area contributed by atoms with Crippen molar-refractivity contribution in [3.05, 3.63) is 53.6 Å². The zero-order valence-electron chi connectivity index (χ0n) is 13.7. The molecule has 3 rings (SSSR count). The number of hydrogen-bond donors (Lipinski definition) is 0. The molecule has 1 aromatic carbocycles. The van der Waals surface area contributed by atoms with Gasteiger partial charge in [-0.2, -0.15) is 0 Å². The lowest BCUT2D eigenvalue weighted by Crippen LogP contribution is -2.03. The van der Waals surface area contributed by atoms with Crippen molar-refractivity contribution in [1.29, 1.82) is 0 Å². The van der Waals surface area contributed by atoms with Gasteiger partial charge in [-0.05, 0) is 37.6 Å². The molecule has 0 saturated carbocycles. The standard InChI is InChI=1S/C17H14F2N2O3S/c1-9-4-11(8-20-7-9)17-16(10(2)24-21-17)12-5-14(19)15(6-13(12)18)25(3,22)23/h4-8H,1-3H3. The van der Waals surface area contributed by atoms with Crippen LogP contribution in [0.1, 0.15) is 11.3 Å². The Labute approximate surface area is 143 Å². The van der Waals surface area contributed by atoms with E-state index in [1.54, 1.807) is 19.2 Å². The van der Waals surface area contributed by atoms with E-state index in [2.05, 4.69) is 10.1 Å². The van der Waals surface area contributed by atoms with Crippen LogP contribution in [0, 0.1) is 25.5 Å². The molecule has 5 nitrogen and oxygen atoms in total. The molecule has 0 fully saturated rings. The number of aryl methyl sites for hydroxylation is 2. The van der Waals surface area contributed by atoms with Crippen molar-refractivity contribution in [3.8, 4) is 22.4 Å². The third kappa shape index (κ3) is 3.17. The van der Waals surface area contributed by atoms with Crippen LogP contribution in [0.25, 0.3) is 22.4 Å². The van der Waals surface area contributed by atoms with Gasteiger partial charge in [0, 0.05) is 29.8 Å². The lowest BCUT2D eigenvalue weighted by molar-refractivity contribution is 0.400. The van der Waals surface area contributed by atoms with Crippen molar-refractivity contribution >= 4 is 9.84 Å². The Morgan fingerprint density at radius 3 is 2.40 bits per heavy atom. The zero-order chi connectivity index (χ0) is 18.4. The van der Waals surface area contributed by atoms with Gasteiger partial charge < -0.3 is 4.52 Å². The van der Waals surface area contributed by atoms with E-state index in [1.807, 2.05) is 6.92 Å². The molecule has 0 aliphatic heterocycles. The van der Waals surface area contributed by atoms with Crippen molar-refractivity contribution in [2.24, 2.45) is 0 Å². The average Bonchev–Trinajstić information content (AvgIpc) is 2.90. The highest BCUT2D eigenvalue weighted by Gasteiger charge is 2.24. The summed E-state index contributed by atoms with van der Waals surface area (Å²) in [5.74, 6) is -1.63. The van der Waals surface area contributed by atoms with Gasteiger partial charge in [0.1, 0.15) is 28.0 Å². The molecule has 8 heteroatoms. The van der Waals surface area contributed by atoms with Crippen molar-refractivity contribution in [2.45, 2.75) is 18.7 Å². The molecule has 0 N–H and O–H groups in total. The molecule has 0 radical (unpaired) electrons. The number of benzene rings is 1. The normalized spacial score (nSPS) is 11.7. The highest BCUT2D eigenvalue weighted by Crippen LogP contribution is 2.37. The van der Waals surface area contributed by atoms with Crippen molar-refractivity contribution in [2.75, 3.05) is 6.26 Å². The van der Waals surface area contributed by atoms with Gasteiger partial charge in [0.25, 0.3) is 0 Å². The maximum absolute atomic E-state index is 14.6. The second-order valence-corrected chi connectivity index (χ2v) is 7.73. The minimum absolute atomic E-state index is 0.125. The molecular formula is C17H14F2N2O3S. The van der Waals surface area contributed by atoms with Crippen LogP contribution < -0.4 is 0 Å². The fourth-order valence-electron chi connectivity index (χ4n) is 2.58. The van der Waals surface area contributed by atoms with E-state index in [9.17, 15) is 17.2 Å². The number of halogens is 2. The monoisotopic (exact) mass is 364 g/mol. The Morgan fingerprint density at radius 2 is 1.76 bits per heavy atom. The van der Waals surface area contributed by atoms with Gasteiger partial charge in [-0.15, -0.1) is 0 Å². The quantitative estimate of drug-likeness (QED) is 0.708. The van der Waals surface area contributed by atoms with Crippen molar-refractivity contribution in [1.82, 2.24) is 10.1 Å². The summed E-state index contributed by atoms with van der Waals surface area (Å²) in [6.45, 7) is 3.40. The summed E-state index contributed by atoms with van der Waals surface area (Å²) in [7, 11) is -3.88. The topological polar surface area (TPSA) is 73.1 Å². The number of aromatic nitrogens is 2. The lowest BCUT2D eigenvalue weighted by Gasteiger charge is -2.08. The third-order valence-corrected chi connectivity index (χ3v) is 4.81. The van der Waals surface area contributed by atoms with E-state index in [0.717, 1.165) is 17.9 Å². The summed E-state index contributed by atoms with van der Waals surface area (Å²) in [6, 6.07) is 3.30. The molecule has 0 unspecified atom stereocenters. The van der Waals surface area contributed by atoms with Gasteiger partial charge >= 0.3 is 0 Å². The van der Waals surface area contributed by atoms with E-state index in [-0.39, 0.29) is 16.9 Å². The largest absolute Gasteiger partial charge is 0.360 e.